The van der Waals surface area contributed by atoms with Crippen LogP contribution in [0.15, 0.2) is 35.6 Å². The smallest absolute Gasteiger partial charge is 0.188 e. The van der Waals surface area contributed by atoms with Crippen molar-refractivity contribution in [3.05, 3.63) is 47.5 Å². The van der Waals surface area contributed by atoms with Crippen molar-refractivity contribution in [3.8, 4) is 0 Å². The van der Waals surface area contributed by atoms with Crippen molar-refractivity contribution in [3.63, 3.8) is 0 Å². The average Bonchev–Trinajstić information content (AvgIpc) is 2.86. The Kier molecular flexibility index (Phi) is 5.31. The lowest BCUT2D eigenvalue weighted by Crippen LogP contribution is -2.33. The SMILES string of the molecule is CCc1nn(C)cc1CN=C(N)NCCc1ccccn1. The second kappa shape index (κ2) is 7.42. The molecular weight excluding hydrogens is 264 g/mol. The molecular formula is C15H22N6. The van der Waals surface area contributed by atoms with E-state index in [0.29, 0.717) is 12.5 Å². The van der Waals surface area contributed by atoms with Gasteiger partial charge in [0.1, 0.15) is 0 Å². The summed E-state index contributed by atoms with van der Waals surface area (Å²) in [5, 5.41) is 7.49. The Morgan fingerprint density at radius 3 is 3.00 bits per heavy atom. The van der Waals surface area contributed by atoms with Gasteiger partial charge in [-0.1, -0.05) is 13.0 Å². The van der Waals surface area contributed by atoms with Gasteiger partial charge in [0.05, 0.1) is 12.2 Å². The van der Waals surface area contributed by atoms with Crippen LogP contribution in [0.3, 0.4) is 0 Å². The van der Waals surface area contributed by atoms with E-state index in [0.717, 1.165) is 36.3 Å². The summed E-state index contributed by atoms with van der Waals surface area (Å²) in [5.41, 5.74) is 9.11. The molecule has 2 aromatic rings. The summed E-state index contributed by atoms with van der Waals surface area (Å²) in [7, 11) is 1.92. The second-order valence-electron chi connectivity index (χ2n) is 4.83. The minimum Gasteiger partial charge on any atom is -0.370 e. The second-order valence-corrected chi connectivity index (χ2v) is 4.83. The van der Waals surface area contributed by atoms with Gasteiger partial charge in [-0.3, -0.25) is 9.67 Å². The van der Waals surface area contributed by atoms with Crippen LogP contribution in [-0.2, 0) is 26.4 Å². The van der Waals surface area contributed by atoms with Crippen molar-refractivity contribution in [1.29, 1.82) is 0 Å². The number of aliphatic imine (C=N–C) groups is 1. The van der Waals surface area contributed by atoms with E-state index < -0.39 is 0 Å². The Labute approximate surface area is 125 Å². The van der Waals surface area contributed by atoms with Gasteiger partial charge < -0.3 is 11.1 Å². The van der Waals surface area contributed by atoms with Gasteiger partial charge in [0.25, 0.3) is 0 Å². The van der Waals surface area contributed by atoms with Gasteiger partial charge in [-0.2, -0.15) is 5.10 Å². The number of nitrogens with two attached hydrogens (primary N) is 1. The number of aryl methyl sites for hydroxylation is 2. The predicted octanol–water partition coefficient (Wildman–Crippen LogP) is 1.02. The molecule has 0 atom stereocenters. The Bertz CT molecular complexity index is 587. The van der Waals surface area contributed by atoms with Crippen LogP contribution in [0.25, 0.3) is 0 Å². The predicted molar refractivity (Wildman–Crippen MR) is 83.9 cm³/mol. The highest BCUT2D eigenvalue weighted by molar-refractivity contribution is 5.77. The van der Waals surface area contributed by atoms with E-state index in [2.05, 4.69) is 27.3 Å². The minimum atomic E-state index is 0.455. The van der Waals surface area contributed by atoms with Crippen molar-refractivity contribution < 1.29 is 0 Å². The van der Waals surface area contributed by atoms with Crippen LogP contribution >= 0.6 is 0 Å². The molecule has 21 heavy (non-hydrogen) atoms. The van der Waals surface area contributed by atoms with Gasteiger partial charge in [0.15, 0.2) is 5.96 Å². The first-order valence-electron chi connectivity index (χ1n) is 7.14. The maximum atomic E-state index is 5.88. The van der Waals surface area contributed by atoms with Crippen LogP contribution in [0, 0.1) is 0 Å². The summed E-state index contributed by atoms with van der Waals surface area (Å²) in [5.74, 6) is 0.455. The lowest BCUT2D eigenvalue weighted by atomic mass is 10.2. The lowest BCUT2D eigenvalue weighted by molar-refractivity contribution is 0.746. The Balaban J connectivity index is 1.81. The molecule has 0 bridgehead atoms. The third kappa shape index (κ3) is 4.59. The first-order valence-corrected chi connectivity index (χ1v) is 7.14. The standard InChI is InChI=1S/C15H22N6/c1-3-14-12(11-21(2)20-14)10-19-15(16)18-9-7-13-6-4-5-8-17-13/h4-6,8,11H,3,7,9-10H2,1-2H3,(H3,16,18,19). The third-order valence-electron chi connectivity index (χ3n) is 3.16. The fourth-order valence-corrected chi connectivity index (χ4v) is 2.10. The summed E-state index contributed by atoms with van der Waals surface area (Å²) >= 11 is 0. The number of guanidine groups is 1. The molecule has 0 aromatic carbocycles. The van der Waals surface area contributed by atoms with Crippen molar-refractivity contribution >= 4 is 5.96 Å². The molecule has 3 N–H and O–H groups in total. The molecule has 0 fully saturated rings. The van der Waals surface area contributed by atoms with Gasteiger partial charge in [0.2, 0.25) is 0 Å². The van der Waals surface area contributed by atoms with Gasteiger partial charge in [-0.05, 0) is 18.6 Å². The van der Waals surface area contributed by atoms with Crippen molar-refractivity contribution in [2.75, 3.05) is 6.54 Å². The molecule has 6 heteroatoms. The number of nitrogens with one attached hydrogen (secondary N) is 1. The number of hydrogen-bond donors (Lipinski definition) is 2. The summed E-state index contributed by atoms with van der Waals surface area (Å²) < 4.78 is 1.81. The largest absolute Gasteiger partial charge is 0.370 e. The topological polar surface area (TPSA) is 81.1 Å². The van der Waals surface area contributed by atoms with Crippen LogP contribution < -0.4 is 11.1 Å². The Morgan fingerprint density at radius 2 is 2.29 bits per heavy atom. The lowest BCUT2D eigenvalue weighted by Gasteiger charge is -2.05. The highest BCUT2D eigenvalue weighted by Crippen LogP contribution is 2.08. The normalized spacial score (nSPS) is 11.6. The monoisotopic (exact) mass is 286 g/mol. The van der Waals surface area contributed by atoms with E-state index in [1.54, 1.807) is 6.20 Å². The number of hydrogen-bond acceptors (Lipinski definition) is 3. The zero-order valence-corrected chi connectivity index (χ0v) is 12.6. The molecule has 0 amide bonds. The summed E-state index contributed by atoms with van der Waals surface area (Å²) in [6, 6.07) is 5.89. The first kappa shape index (κ1) is 15.0. The number of pyridine rings is 1. The molecule has 2 heterocycles. The van der Waals surface area contributed by atoms with Gasteiger partial charge in [-0.25, -0.2) is 4.99 Å². The van der Waals surface area contributed by atoms with E-state index in [4.69, 9.17) is 5.73 Å². The van der Waals surface area contributed by atoms with Gasteiger partial charge in [0, 0.05) is 43.7 Å². The molecule has 0 unspecified atom stereocenters. The van der Waals surface area contributed by atoms with Gasteiger partial charge in [-0.15, -0.1) is 0 Å². The number of aromatic nitrogens is 3. The Hall–Kier alpha value is -2.37. The van der Waals surface area contributed by atoms with E-state index in [1.165, 1.54) is 0 Å². The molecule has 2 aromatic heterocycles. The summed E-state index contributed by atoms with van der Waals surface area (Å²) in [4.78, 5) is 8.62. The van der Waals surface area contributed by atoms with Crippen LogP contribution in [0.4, 0.5) is 0 Å². The van der Waals surface area contributed by atoms with Crippen molar-refractivity contribution in [1.82, 2.24) is 20.1 Å². The fourth-order valence-electron chi connectivity index (χ4n) is 2.10. The first-order chi connectivity index (χ1) is 10.2. The molecule has 0 aliphatic heterocycles. The quantitative estimate of drug-likeness (QED) is 0.614. The number of rotatable bonds is 6. The fraction of sp³-hybridized carbons (Fsp3) is 0.400. The molecule has 0 aliphatic rings. The van der Waals surface area contributed by atoms with Crippen LogP contribution in [0.5, 0.6) is 0 Å². The van der Waals surface area contributed by atoms with Crippen LogP contribution in [-0.4, -0.2) is 27.3 Å². The molecule has 0 spiro atoms. The Morgan fingerprint density at radius 1 is 1.43 bits per heavy atom. The van der Waals surface area contributed by atoms with E-state index in [-0.39, 0.29) is 0 Å². The minimum absolute atomic E-state index is 0.455. The molecule has 0 aliphatic carbocycles. The van der Waals surface area contributed by atoms with E-state index in [1.807, 2.05) is 36.1 Å². The summed E-state index contributed by atoms with van der Waals surface area (Å²) in [6.45, 7) is 3.36. The maximum Gasteiger partial charge on any atom is 0.188 e. The molecule has 0 saturated heterocycles. The molecule has 6 nitrogen and oxygen atoms in total. The third-order valence-corrected chi connectivity index (χ3v) is 3.16. The van der Waals surface area contributed by atoms with Crippen LogP contribution in [0.2, 0.25) is 0 Å². The van der Waals surface area contributed by atoms with E-state index in [9.17, 15) is 0 Å². The van der Waals surface area contributed by atoms with Gasteiger partial charge >= 0.3 is 0 Å². The number of nitrogens with zero attached hydrogens (tertiary/aromatic N) is 4. The molecule has 2 rings (SSSR count). The molecule has 0 saturated carbocycles. The van der Waals surface area contributed by atoms with E-state index >= 15 is 0 Å². The highest BCUT2D eigenvalue weighted by atomic mass is 15.3. The van der Waals surface area contributed by atoms with Crippen molar-refractivity contribution in [2.45, 2.75) is 26.3 Å². The van der Waals surface area contributed by atoms with Crippen molar-refractivity contribution in [2.24, 2.45) is 17.8 Å². The average molecular weight is 286 g/mol. The zero-order chi connectivity index (χ0) is 15.1. The van der Waals surface area contributed by atoms with Crippen LogP contribution in [0.1, 0.15) is 23.9 Å². The molecule has 112 valence electrons. The highest BCUT2D eigenvalue weighted by Gasteiger charge is 2.04. The summed E-state index contributed by atoms with van der Waals surface area (Å²) in [6.07, 6.45) is 5.51. The zero-order valence-electron chi connectivity index (χ0n) is 12.6. The maximum absolute atomic E-state index is 5.88. The molecule has 0 radical (unpaired) electrons.